The van der Waals surface area contributed by atoms with E-state index in [-0.39, 0.29) is 10.9 Å². The normalized spacial score (nSPS) is 20.5. The van der Waals surface area contributed by atoms with Crippen molar-refractivity contribution in [3.63, 3.8) is 0 Å². The Morgan fingerprint density at radius 3 is 3.13 bits per heavy atom. The van der Waals surface area contributed by atoms with Crippen LogP contribution in [0.2, 0.25) is 5.15 Å². The highest BCUT2D eigenvalue weighted by atomic mass is 35.5. The third-order valence-corrected chi connectivity index (χ3v) is 2.59. The lowest BCUT2D eigenvalue weighted by Gasteiger charge is -2.11. The molecule has 0 radical (unpaired) electrons. The first-order chi connectivity index (χ1) is 7.25. The SMILES string of the molecule is Fc1nc(Cl)ccc1OCC1CCCN1. The molecule has 1 aromatic heterocycles. The first-order valence-corrected chi connectivity index (χ1v) is 5.32. The maximum absolute atomic E-state index is 13.2. The van der Waals surface area contributed by atoms with Gasteiger partial charge in [0.2, 0.25) is 0 Å². The van der Waals surface area contributed by atoms with Crippen molar-refractivity contribution in [1.82, 2.24) is 10.3 Å². The fourth-order valence-corrected chi connectivity index (χ4v) is 1.73. The number of nitrogens with one attached hydrogen (secondary N) is 1. The van der Waals surface area contributed by atoms with Gasteiger partial charge in [0.1, 0.15) is 11.8 Å². The van der Waals surface area contributed by atoms with Gasteiger partial charge in [-0.1, -0.05) is 11.6 Å². The molecule has 82 valence electrons. The van der Waals surface area contributed by atoms with Gasteiger partial charge in [-0.25, -0.2) is 4.98 Å². The molecule has 1 fully saturated rings. The summed E-state index contributed by atoms with van der Waals surface area (Å²) in [4.78, 5) is 3.47. The molecule has 1 saturated heterocycles. The maximum Gasteiger partial charge on any atom is 0.256 e. The third kappa shape index (κ3) is 2.79. The van der Waals surface area contributed by atoms with E-state index in [9.17, 15) is 4.39 Å². The number of hydrogen-bond acceptors (Lipinski definition) is 3. The van der Waals surface area contributed by atoms with Gasteiger partial charge < -0.3 is 10.1 Å². The number of rotatable bonds is 3. The van der Waals surface area contributed by atoms with E-state index < -0.39 is 5.95 Å². The maximum atomic E-state index is 13.2. The molecule has 0 aromatic carbocycles. The summed E-state index contributed by atoms with van der Waals surface area (Å²) < 4.78 is 18.5. The minimum atomic E-state index is -0.652. The van der Waals surface area contributed by atoms with E-state index in [0.717, 1.165) is 19.4 Å². The summed E-state index contributed by atoms with van der Waals surface area (Å²) in [5, 5.41) is 3.40. The molecule has 2 rings (SSSR count). The van der Waals surface area contributed by atoms with Crippen LogP contribution in [0.25, 0.3) is 0 Å². The molecule has 0 aliphatic carbocycles. The van der Waals surface area contributed by atoms with E-state index in [1.165, 1.54) is 12.1 Å². The van der Waals surface area contributed by atoms with Gasteiger partial charge in [-0.05, 0) is 31.5 Å². The van der Waals surface area contributed by atoms with E-state index in [1.54, 1.807) is 0 Å². The zero-order valence-electron chi connectivity index (χ0n) is 8.17. The lowest BCUT2D eigenvalue weighted by Crippen LogP contribution is -2.28. The Labute approximate surface area is 92.6 Å². The van der Waals surface area contributed by atoms with Crippen molar-refractivity contribution in [2.75, 3.05) is 13.2 Å². The van der Waals surface area contributed by atoms with Crippen molar-refractivity contribution in [3.05, 3.63) is 23.2 Å². The number of hydrogen-bond donors (Lipinski definition) is 1. The minimum Gasteiger partial charge on any atom is -0.487 e. The van der Waals surface area contributed by atoms with E-state index in [0.29, 0.717) is 12.6 Å². The second-order valence-corrected chi connectivity index (χ2v) is 3.91. The molecule has 1 aliphatic rings. The molecular formula is C10H12ClFN2O. The lowest BCUT2D eigenvalue weighted by molar-refractivity contribution is 0.262. The Morgan fingerprint density at radius 2 is 2.47 bits per heavy atom. The molecule has 2 heterocycles. The molecule has 1 N–H and O–H groups in total. The van der Waals surface area contributed by atoms with Crippen LogP contribution in [0.3, 0.4) is 0 Å². The Morgan fingerprint density at radius 1 is 1.60 bits per heavy atom. The number of pyridine rings is 1. The fourth-order valence-electron chi connectivity index (χ4n) is 1.60. The van der Waals surface area contributed by atoms with Crippen molar-refractivity contribution in [2.24, 2.45) is 0 Å². The van der Waals surface area contributed by atoms with E-state index in [4.69, 9.17) is 16.3 Å². The Balaban J connectivity index is 1.92. The van der Waals surface area contributed by atoms with Gasteiger partial charge in [0, 0.05) is 6.04 Å². The van der Waals surface area contributed by atoms with Crippen LogP contribution in [-0.2, 0) is 0 Å². The smallest absolute Gasteiger partial charge is 0.256 e. The highest BCUT2D eigenvalue weighted by Crippen LogP contribution is 2.18. The molecule has 0 spiro atoms. The second kappa shape index (κ2) is 4.77. The monoisotopic (exact) mass is 230 g/mol. The number of halogens is 2. The molecule has 1 unspecified atom stereocenters. The van der Waals surface area contributed by atoms with Gasteiger partial charge in [0.05, 0.1) is 0 Å². The molecule has 0 bridgehead atoms. The average molecular weight is 231 g/mol. The molecule has 1 aliphatic heterocycles. The van der Waals surface area contributed by atoms with Crippen LogP contribution in [0.15, 0.2) is 12.1 Å². The topological polar surface area (TPSA) is 34.1 Å². The standard InChI is InChI=1S/C10H12ClFN2O/c11-9-4-3-8(10(12)14-9)15-6-7-2-1-5-13-7/h3-4,7,13H,1-2,5-6H2. The van der Waals surface area contributed by atoms with Crippen LogP contribution in [0.4, 0.5) is 4.39 Å². The first-order valence-electron chi connectivity index (χ1n) is 4.94. The first kappa shape index (κ1) is 10.6. The quantitative estimate of drug-likeness (QED) is 0.807. The summed E-state index contributed by atoms with van der Waals surface area (Å²) in [6.07, 6.45) is 2.22. The molecule has 0 amide bonds. The average Bonchev–Trinajstić information content (AvgIpc) is 2.69. The highest BCUT2D eigenvalue weighted by Gasteiger charge is 2.15. The van der Waals surface area contributed by atoms with Crippen LogP contribution in [0.5, 0.6) is 5.75 Å². The zero-order valence-corrected chi connectivity index (χ0v) is 8.93. The number of nitrogens with zero attached hydrogens (tertiary/aromatic N) is 1. The summed E-state index contributed by atoms with van der Waals surface area (Å²) in [6.45, 7) is 1.48. The Bertz CT molecular complexity index is 342. The summed E-state index contributed by atoms with van der Waals surface area (Å²) in [5.74, 6) is -0.492. The zero-order chi connectivity index (χ0) is 10.7. The van der Waals surface area contributed by atoms with E-state index in [2.05, 4.69) is 10.3 Å². The predicted octanol–water partition coefficient (Wildman–Crippen LogP) is 2.00. The summed E-state index contributed by atoms with van der Waals surface area (Å²) >= 11 is 5.53. The van der Waals surface area contributed by atoms with Crippen molar-refractivity contribution in [2.45, 2.75) is 18.9 Å². The van der Waals surface area contributed by atoms with Gasteiger partial charge in [0.25, 0.3) is 5.95 Å². The molecule has 5 heteroatoms. The van der Waals surface area contributed by atoms with Crippen LogP contribution < -0.4 is 10.1 Å². The van der Waals surface area contributed by atoms with Gasteiger partial charge >= 0.3 is 0 Å². The third-order valence-electron chi connectivity index (χ3n) is 2.38. The van der Waals surface area contributed by atoms with Crippen molar-refractivity contribution in [3.8, 4) is 5.75 Å². The minimum absolute atomic E-state index is 0.138. The Hall–Kier alpha value is -0.870. The number of aromatic nitrogens is 1. The van der Waals surface area contributed by atoms with Gasteiger partial charge in [-0.2, -0.15) is 4.39 Å². The van der Waals surface area contributed by atoms with Crippen LogP contribution >= 0.6 is 11.6 Å². The fraction of sp³-hybridized carbons (Fsp3) is 0.500. The molecule has 1 atom stereocenters. The van der Waals surface area contributed by atoms with Crippen molar-refractivity contribution in [1.29, 1.82) is 0 Å². The largest absolute Gasteiger partial charge is 0.487 e. The predicted molar refractivity (Wildman–Crippen MR) is 55.7 cm³/mol. The second-order valence-electron chi connectivity index (χ2n) is 3.53. The van der Waals surface area contributed by atoms with Crippen molar-refractivity contribution < 1.29 is 9.13 Å². The molecular weight excluding hydrogens is 219 g/mol. The van der Waals surface area contributed by atoms with Crippen molar-refractivity contribution >= 4 is 11.6 Å². The van der Waals surface area contributed by atoms with Crippen LogP contribution in [-0.4, -0.2) is 24.2 Å². The van der Waals surface area contributed by atoms with Gasteiger partial charge in [0.15, 0.2) is 5.75 Å². The van der Waals surface area contributed by atoms with E-state index in [1.807, 2.05) is 0 Å². The van der Waals surface area contributed by atoms with Gasteiger partial charge in [-0.15, -0.1) is 0 Å². The molecule has 0 saturated carbocycles. The van der Waals surface area contributed by atoms with Gasteiger partial charge in [-0.3, -0.25) is 0 Å². The molecule has 1 aromatic rings. The molecule has 3 nitrogen and oxygen atoms in total. The van der Waals surface area contributed by atoms with E-state index >= 15 is 0 Å². The Kier molecular flexibility index (Phi) is 3.38. The summed E-state index contributed by atoms with van der Waals surface area (Å²) in [7, 11) is 0. The van der Waals surface area contributed by atoms with Crippen LogP contribution in [0.1, 0.15) is 12.8 Å². The van der Waals surface area contributed by atoms with Crippen LogP contribution in [0, 0.1) is 5.95 Å². The lowest BCUT2D eigenvalue weighted by atomic mass is 10.2. The number of ether oxygens (including phenoxy) is 1. The highest BCUT2D eigenvalue weighted by molar-refractivity contribution is 6.29. The molecule has 15 heavy (non-hydrogen) atoms. The summed E-state index contributed by atoms with van der Waals surface area (Å²) in [6, 6.07) is 3.34. The summed E-state index contributed by atoms with van der Waals surface area (Å²) in [5.41, 5.74) is 0.